The van der Waals surface area contributed by atoms with Crippen molar-refractivity contribution >= 4 is 27.5 Å². The van der Waals surface area contributed by atoms with E-state index in [-0.39, 0.29) is 0 Å². The molecule has 0 atom stereocenters. The molecule has 118 valence electrons. The molecular formula is C17H26BrClN2. The van der Waals surface area contributed by atoms with E-state index in [4.69, 9.17) is 16.6 Å². The largest absolute Gasteiger partial charge is 0.236 e. The molecule has 2 rings (SSSR count). The summed E-state index contributed by atoms with van der Waals surface area (Å²) >= 11 is 9.80. The van der Waals surface area contributed by atoms with Crippen LogP contribution in [0, 0.1) is 11.3 Å². The fourth-order valence-corrected chi connectivity index (χ4v) is 3.85. The van der Waals surface area contributed by atoms with Gasteiger partial charge in [-0.05, 0) is 59.4 Å². The fourth-order valence-electron chi connectivity index (χ4n) is 3.28. The lowest BCUT2D eigenvalue weighted by Gasteiger charge is -2.36. The Hall–Kier alpha value is -0.150. The topological polar surface area (TPSA) is 25.8 Å². The quantitative estimate of drug-likeness (QED) is 0.592. The first kappa shape index (κ1) is 17.2. The van der Waals surface area contributed by atoms with E-state index < -0.39 is 0 Å². The van der Waals surface area contributed by atoms with Gasteiger partial charge in [0, 0.05) is 5.92 Å². The van der Waals surface area contributed by atoms with Crippen LogP contribution in [-0.2, 0) is 6.42 Å². The van der Waals surface area contributed by atoms with Crippen molar-refractivity contribution < 1.29 is 0 Å². The monoisotopic (exact) mass is 372 g/mol. The second-order valence-electron chi connectivity index (χ2n) is 7.30. The van der Waals surface area contributed by atoms with E-state index in [9.17, 15) is 0 Å². The summed E-state index contributed by atoms with van der Waals surface area (Å²) in [5, 5.41) is 0.571. The Balaban J connectivity index is 2.13. The summed E-state index contributed by atoms with van der Waals surface area (Å²) in [5.74, 6) is 2.25. The van der Waals surface area contributed by atoms with Crippen LogP contribution in [0.3, 0.4) is 0 Å². The van der Waals surface area contributed by atoms with E-state index >= 15 is 0 Å². The van der Waals surface area contributed by atoms with Gasteiger partial charge >= 0.3 is 0 Å². The normalized spacial score (nSPS) is 23.3. The summed E-state index contributed by atoms with van der Waals surface area (Å²) in [6.45, 7) is 9.22. The predicted octanol–water partition coefficient (Wildman–Crippen LogP) is 6.16. The number of halogens is 2. The van der Waals surface area contributed by atoms with Crippen molar-refractivity contribution in [3.8, 4) is 0 Å². The summed E-state index contributed by atoms with van der Waals surface area (Å²) in [6, 6.07) is 0. The molecule has 0 bridgehead atoms. The van der Waals surface area contributed by atoms with Crippen LogP contribution in [0.2, 0.25) is 5.15 Å². The molecule has 1 fully saturated rings. The molecule has 1 aromatic heterocycles. The Labute approximate surface area is 142 Å². The van der Waals surface area contributed by atoms with Crippen LogP contribution in [0.15, 0.2) is 4.47 Å². The maximum atomic E-state index is 6.28. The molecule has 4 heteroatoms. The summed E-state index contributed by atoms with van der Waals surface area (Å²) < 4.78 is 0.873. The summed E-state index contributed by atoms with van der Waals surface area (Å²) in [4.78, 5) is 9.33. The molecular weight excluding hydrogens is 348 g/mol. The maximum Gasteiger partial charge on any atom is 0.147 e. The molecule has 1 aliphatic carbocycles. The second-order valence-corrected chi connectivity index (χ2v) is 8.45. The highest BCUT2D eigenvalue weighted by molar-refractivity contribution is 9.10. The molecule has 21 heavy (non-hydrogen) atoms. The van der Waals surface area contributed by atoms with Crippen LogP contribution in [-0.4, -0.2) is 9.97 Å². The minimum Gasteiger partial charge on any atom is -0.236 e. The average Bonchev–Trinajstić information content (AvgIpc) is 2.43. The van der Waals surface area contributed by atoms with Gasteiger partial charge in [-0.1, -0.05) is 45.7 Å². The molecule has 0 spiro atoms. The molecule has 1 heterocycles. The van der Waals surface area contributed by atoms with Gasteiger partial charge < -0.3 is 0 Å². The lowest BCUT2D eigenvalue weighted by atomic mass is 9.69. The van der Waals surface area contributed by atoms with E-state index in [2.05, 4.69) is 48.6 Å². The van der Waals surface area contributed by atoms with E-state index in [0.717, 1.165) is 34.8 Å². The first-order chi connectivity index (χ1) is 9.82. The lowest BCUT2D eigenvalue weighted by Crippen LogP contribution is -2.26. The van der Waals surface area contributed by atoms with Crippen LogP contribution >= 0.6 is 27.5 Å². The highest BCUT2D eigenvalue weighted by atomic mass is 79.9. The molecule has 0 N–H and O–H groups in total. The van der Waals surface area contributed by atoms with Gasteiger partial charge in [-0.25, -0.2) is 9.97 Å². The van der Waals surface area contributed by atoms with Gasteiger partial charge in [-0.2, -0.15) is 0 Å². The van der Waals surface area contributed by atoms with Crippen molar-refractivity contribution in [2.75, 3.05) is 0 Å². The minimum absolute atomic E-state index is 0.413. The number of nitrogens with zero attached hydrogens (tertiary/aromatic N) is 2. The first-order valence-electron chi connectivity index (χ1n) is 8.04. The van der Waals surface area contributed by atoms with Crippen LogP contribution < -0.4 is 0 Å². The van der Waals surface area contributed by atoms with Gasteiger partial charge in [0.2, 0.25) is 0 Å². The van der Waals surface area contributed by atoms with Gasteiger partial charge in [-0.15, -0.1) is 0 Å². The van der Waals surface area contributed by atoms with Crippen molar-refractivity contribution in [2.24, 2.45) is 11.3 Å². The Bertz CT molecular complexity index is 488. The molecule has 0 radical (unpaired) electrons. The van der Waals surface area contributed by atoms with Crippen molar-refractivity contribution in [3.05, 3.63) is 21.1 Å². The van der Waals surface area contributed by atoms with Crippen LogP contribution in [0.1, 0.15) is 77.2 Å². The third-order valence-electron chi connectivity index (χ3n) is 4.70. The van der Waals surface area contributed by atoms with Crippen LogP contribution in [0.4, 0.5) is 0 Å². The molecule has 0 amide bonds. The predicted molar refractivity (Wildman–Crippen MR) is 92.9 cm³/mol. The van der Waals surface area contributed by atoms with Gasteiger partial charge in [0.15, 0.2) is 0 Å². The summed E-state index contributed by atoms with van der Waals surface area (Å²) in [7, 11) is 0. The zero-order valence-corrected chi connectivity index (χ0v) is 15.9. The minimum atomic E-state index is 0.413. The Morgan fingerprint density at radius 1 is 1.14 bits per heavy atom. The molecule has 0 unspecified atom stereocenters. The van der Waals surface area contributed by atoms with Gasteiger partial charge in [0.05, 0.1) is 10.2 Å². The molecule has 0 aromatic carbocycles. The molecule has 0 aliphatic heterocycles. The Kier molecular flexibility index (Phi) is 5.70. The highest BCUT2D eigenvalue weighted by Gasteiger charge is 2.31. The number of aryl methyl sites for hydroxylation is 1. The molecule has 1 aromatic rings. The maximum absolute atomic E-state index is 6.28. The van der Waals surface area contributed by atoms with E-state index in [1.807, 2.05) is 0 Å². The molecule has 2 nitrogen and oxygen atoms in total. The van der Waals surface area contributed by atoms with E-state index in [1.54, 1.807) is 0 Å². The van der Waals surface area contributed by atoms with Crippen LogP contribution in [0.5, 0.6) is 0 Å². The smallest absolute Gasteiger partial charge is 0.147 e. The van der Waals surface area contributed by atoms with Crippen LogP contribution in [0.25, 0.3) is 0 Å². The first-order valence-corrected chi connectivity index (χ1v) is 9.21. The second kappa shape index (κ2) is 6.95. The fraction of sp³-hybridized carbons (Fsp3) is 0.765. The third kappa shape index (κ3) is 4.19. The molecule has 1 aliphatic rings. The Morgan fingerprint density at radius 3 is 2.29 bits per heavy atom. The summed E-state index contributed by atoms with van der Waals surface area (Å²) in [5.41, 5.74) is 1.47. The Morgan fingerprint density at radius 2 is 1.76 bits per heavy atom. The number of hydrogen-bond acceptors (Lipinski definition) is 2. The lowest BCUT2D eigenvalue weighted by molar-refractivity contribution is 0.167. The SMILES string of the molecule is CCCc1nc(C2CCC(C(C)(C)C)CC2)nc(Cl)c1Br. The molecule has 0 saturated heterocycles. The van der Waals surface area contributed by atoms with Crippen molar-refractivity contribution in [1.29, 1.82) is 0 Å². The zero-order valence-electron chi connectivity index (χ0n) is 13.5. The van der Waals surface area contributed by atoms with Crippen molar-refractivity contribution in [2.45, 2.75) is 72.1 Å². The number of rotatable bonds is 3. The van der Waals surface area contributed by atoms with Gasteiger partial charge in [-0.3, -0.25) is 0 Å². The van der Waals surface area contributed by atoms with Crippen molar-refractivity contribution in [3.63, 3.8) is 0 Å². The van der Waals surface area contributed by atoms with Crippen molar-refractivity contribution in [1.82, 2.24) is 9.97 Å². The molecule has 1 saturated carbocycles. The number of hydrogen-bond donors (Lipinski definition) is 0. The zero-order chi connectivity index (χ0) is 15.6. The average molecular weight is 374 g/mol. The van der Waals surface area contributed by atoms with E-state index in [0.29, 0.717) is 16.5 Å². The van der Waals surface area contributed by atoms with Gasteiger partial charge in [0.1, 0.15) is 11.0 Å². The van der Waals surface area contributed by atoms with E-state index in [1.165, 1.54) is 25.7 Å². The summed E-state index contributed by atoms with van der Waals surface area (Å²) in [6.07, 6.45) is 6.94. The highest BCUT2D eigenvalue weighted by Crippen LogP contribution is 2.43. The number of aromatic nitrogens is 2. The standard InChI is InChI=1S/C17H26BrClN2/c1-5-6-13-14(18)15(19)21-16(20-13)11-7-9-12(10-8-11)17(2,3)4/h11-12H,5-10H2,1-4H3. The van der Waals surface area contributed by atoms with Gasteiger partial charge in [0.25, 0.3) is 0 Å². The third-order valence-corrected chi connectivity index (χ3v) is 6.04.